The van der Waals surface area contributed by atoms with Crippen molar-refractivity contribution in [3.63, 3.8) is 0 Å². The number of urea groups is 1. The van der Waals surface area contributed by atoms with E-state index in [1.54, 1.807) is 0 Å². The number of carbonyl (C=O) groups excluding carboxylic acids is 1. The lowest BCUT2D eigenvalue weighted by molar-refractivity contribution is 0.240. The number of benzene rings is 1. The van der Waals surface area contributed by atoms with Gasteiger partial charge in [0.2, 0.25) is 0 Å². The van der Waals surface area contributed by atoms with Gasteiger partial charge in [-0.3, -0.25) is 0 Å². The first kappa shape index (κ1) is 11.8. The molecule has 1 aliphatic carbocycles. The Morgan fingerprint density at radius 3 is 2.71 bits per heavy atom. The van der Waals surface area contributed by atoms with Crippen molar-refractivity contribution in [2.24, 2.45) is 0 Å². The van der Waals surface area contributed by atoms with Crippen molar-refractivity contribution in [2.75, 3.05) is 25.0 Å². The number of rotatable bonds is 5. The van der Waals surface area contributed by atoms with Crippen LogP contribution in [0.15, 0.2) is 30.3 Å². The summed E-state index contributed by atoms with van der Waals surface area (Å²) in [6.07, 6.45) is 2.24. The van der Waals surface area contributed by atoms with Gasteiger partial charge in [0.15, 0.2) is 0 Å². The lowest BCUT2D eigenvalue weighted by atomic mass is 10.3. The third-order valence-electron chi connectivity index (χ3n) is 2.84. The van der Waals surface area contributed by atoms with Crippen molar-refractivity contribution in [3.05, 3.63) is 30.3 Å². The third-order valence-corrected chi connectivity index (χ3v) is 2.84. The van der Waals surface area contributed by atoms with E-state index in [2.05, 4.69) is 27.7 Å². The summed E-state index contributed by atoms with van der Waals surface area (Å²) in [5.41, 5.74) is 1.16. The molecule has 2 amide bonds. The maximum atomic E-state index is 11.4. The molecule has 0 radical (unpaired) electrons. The normalized spacial score (nSPS) is 14.2. The van der Waals surface area contributed by atoms with Crippen LogP contribution in [0, 0.1) is 0 Å². The SMILES string of the molecule is CN(CCNC(=O)NC1CC1)c1ccccc1. The van der Waals surface area contributed by atoms with Crippen molar-refractivity contribution in [3.8, 4) is 0 Å². The number of carbonyl (C=O) groups is 1. The molecule has 17 heavy (non-hydrogen) atoms. The van der Waals surface area contributed by atoms with Crippen LogP contribution in [0.1, 0.15) is 12.8 Å². The third kappa shape index (κ3) is 3.98. The van der Waals surface area contributed by atoms with Gasteiger partial charge in [-0.25, -0.2) is 4.79 Å². The molecular formula is C13H19N3O. The standard InChI is InChI=1S/C13H19N3O/c1-16(12-5-3-2-4-6-12)10-9-14-13(17)15-11-7-8-11/h2-6,11H,7-10H2,1H3,(H2,14,15,17). The summed E-state index contributed by atoms with van der Waals surface area (Å²) in [6, 6.07) is 10.5. The van der Waals surface area contributed by atoms with Gasteiger partial charge in [0.25, 0.3) is 0 Å². The number of hydrogen-bond donors (Lipinski definition) is 2. The number of hydrogen-bond acceptors (Lipinski definition) is 2. The Morgan fingerprint density at radius 1 is 1.35 bits per heavy atom. The smallest absolute Gasteiger partial charge is 0.315 e. The molecule has 2 N–H and O–H groups in total. The molecule has 0 unspecified atom stereocenters. The van der Waals surface area contributed by atoms with Gasteiger partial charge in [0.05, 0.1) is 0 Å². The maximum Gasteiger partial charge on any atom is 0.315 e. The number of anilines is 1. The lowest BCUT2D eigenvalue weighted by Gasteiger charge is -2.19. The number of nitrogens with zero attached hydrogens (tertiary/aromatic N) is 1. The van der Waals surface area contributed by atoms with Crippen molar-refractivity contribution in [1.29, 1.82) is 0 Å². The van der Waals surface area contributed by atoms with Crippen LogP contribution in [0.4, 0.5) is 10.5 Å². The summed E-state index contributed by atoms with van der Waals surface area (Å²) in [5.74, 6) is 0. The van der Waals surface area contributed by atoms with Gasteiger partial charge >= 0.3 is 6.03 Å². The molecule has 1 aromatic rings. The molecule has 0 bridgehead atoms. The Labute approximate surface area is 102 Å². The van der Waals surface area contributed by atoms with E-state index in [4.69, 9.17) is 0 Å². The molecule has 4 nitrogen and oxygen atoms in total. The van der Waals surface area contributed by atoms with Crippen LogP contribution in [0.25, 0.3) is 0 Å². The second-order valence-corrected chi connectivity index (χ2v) is 4.43. The summed E-state index contributed by atoms with van der Waals surface area (Å²) in [7, 11) is 2.02. The second-order valence-electron chi connectivity index (χ2n) is 4.43. The summed E-state index contributed by atoms with van der Waals surface area (Å²) in [6.45, 7) is 1.46. The highest BCUT2D eigenvalue weighted by Crippen LogP contribution is 2.18. The Bertz CT molecular complexity index is 362. The number of nitrogens with one attached hydrogen (secondary N) is 2. The molecule has 1 saturated carbocycles. The Balaban J connectivity index is 1.65. The molecule has 1 fully saturated rings. The van der Waals surface area contributed by atoms with Crippen LogP contribution in [-0.4, -0.2) is 32.2 Å². The van der Waals surface area contributed by atoms with E-state index in [0.717, 1.165) is 25.1 Å². The van der Waals surface area contributed by atoms with Crippen molar-refractivity contribution in [1.82, 2.24) is 10.6 Å². The molecule has 2 rings (SSSR count). The first-order chi connectivity index (χ1) is 8.25. The molecular weight excluding hydrogens is 214 g/mol. The highest BCUT2D eigenvalue weighted by Gasteiger charge is 2.22. The molecule has 0 spiro atoms. The van der Waals surface area contributed by atoms with Gasteiger partial charge < -0.3 is 15.5 Å². The first-order valence-electron chi connectivity index (χ1n) is 6.06. The molecule has 92 valence electrons. The zero-order valence-electron chi connectivity index (χ0n) is 10.1. The molecule has 0 heterocycles. The molecule has 0 saturated heterocycles. The van der Waals surface area contributed by atoms with Gasteiger partial charge in [0, 0.05) is 31.9 Å². The topological polar surface area (TPSA) is 44.4 Å². The average molecular weight is 233 g/mol. The van der Waals surface area contributed by atoms with E-state index < -0.39 is 0 Å². The fraction of sp³-hybridized carbons (Fsp3) is 0.462. The zero-order valence-corrected chi connectivity index (χ0v) is 10.1. The van der Waals surface area contributed by atoms with E-state index in [1.807, 2.05) is 25.2 Å². The van der Waals surface area contributed by atoms with Crippen LogP contribution in [0.5, 0.6) is 0 Å². The Kier molecular flexibility index (Phi) is 3.85. The average Bonchev–Trinajstić information content (AvgIpc) is 3.14. The molecule has 0 atom stereocenters. The molecule has 4 heteroatoms. The van der Waals surface area contributed by atoms with Crippen LogP contribution in [0.3, 0.4) is 0 Å². The van der Waals surface area contributed by atoms with Crippen LogP contribution >= 0.6 is 0 Å². The van der Waals surface area contributed by atoms with E-state index in [9.17, 15) is 4.79 Å². The Hall–Kier alpha value is -1.71. The summed E-state index contributed by atoms with van der Waals surface area (Å²) in [5, 5.41) is 5.76. The fourth-order valence-electron chi connectivity index (χ4n) is 1.61. The summed E-state index contributed by atoms with van der Waals surface area (Å²) < 4.78 is 0. The zero-order chi connectivity index (χ0) is 12.1. The predicted octanol–water partition coefficient (Wildman–Crippen LogP) is 1.58. The van der Waals surface area contributed by atoms with Gasteiger partial charge in [-0.05, 0) is 25.0 Å². The molecule has 0 aliphatic heterocycles. The fourth-order valence-corrected chi connectivity index (χ4v) is 1.61. The van der Waals surface area contributed by atoms with Gasteiger partial charge in [-0.1, -0.05) is 18.2 Å². The molecule has 1 aromatic carbocycles. The van der Waals surface area contributed by atoms with Gasteiger partial charge in [-0.2, -0.15) is 0 Å². The van der Waals surface area contributed by atoms with Crippen molar-refractivity contribution < 1.29 is 4.79 Å². The quantitative estimate of drug-likeness (QED) is 0.811. The highest BCUT2D eigenvalue weighted by molar-refractivity contribution is 5.74. The van der Waals surface area contributed by atoms with Crippen molar-refractivity contribution in [2.45, 2.75) is 18.9 Å². The number of para-hydroxylation sites is 1. The van der Waals surface area contributed by atoms with E-state index in [1.165, 1.54) is 0 Å². The van der Waals surface area contributed by atoms with E-state index in [-0.39, 0.29) is 6.03 Å². The number of amides is 2. The summed E-state index contributed by atoms with van der Waals surface area (Å²) >= 11 is 0. The minimum atomic E-state index is -0.0473. The first-order valence-corrected chi connectivity index (χ1v) is 6.06. The highest BCUT2D eigenvalue weighted by atomic mass is 16.2. The summed E-state index contributed by atoms with van der Waals surface area (Å²) in [4.78, 5) is 13.5. The monoisotopic (exact) mass is 233 g/mol. The molecule has 1 aliphatic rings. The Morgan fingerprint density at radius 2 is 2.06 bits per heavy atom. The van der Waals surface area contributed by atoms with Crippen LogP contribution in [0.2, 0.25) is 0 Å². The lowest BCUT2D eigenvalue weighted by Crippen LogP contribution is -2.40. The minimum Gasteiger partial charge on any atom is -0.373 e. The van der Waals surface area contributed by atoms with E-state index in [0.29, 0.717) is 12.6 Å². The van der Waals surface area contributed by atoms with Crippen LogP contribution < -0.4 is 15.5 Å². The number of likely N-dealkylation sites (N-methyl/N-ethyl adjacent to an activating group) is 1. The predicted molar refractivity (Wildman–Crippen MR) is 69.3 cm³/mol. The van der Waals surface area contributed by atoms with E-state index >= 15 is 0 Å². The largest absolute Gasteiger partial charge is 0.373 e. The van der Waals surface area contributed by atoms with Crippen molar-refractivity contribution >= 4 is 11.7 Å². The van der Waals surface area contributed by atoms with Crippen LogP contribution in [-0.2, 0) is 0 Å². The maximum absolute atomic E-state index is 11.4. The van der Waals surface area contributed by atoms with Gasteiger partial charge in [0.1, 0.15) is 0 Å². The molecule has 0 aromatic heterocycles. The second kappa shape index (κ2) is 5.57. The van der Waals surface area contributed by atoms with Gasteiger partial charge in [-0.15, -0.1) is 0 Å². The minimum absolute atomic E-state index is 0.0473.